The molecule has 2 aliphatic heterocycles. The zero-order valence-corrected chi connectivity index (χ0v) is 18.2. The third kappa shape index (κ3) is 4.40. The van der Waals surface area contributed by atoms with Crippen LogP contribution in [0.25, 0.3) is 0 Å². The van der Waals surface area contributed by atoms with Crippen molar-refractivity contribution < 1.29 is 19.2 Å². The van der Waals surface area contributed by atoms with Crippen LogP contribution in [0.1, 0.15) is 43.3 Å². The van der Waals surface area contributed by atoms with E-state index in [1.165, 1.54) is 11.3 Å². The van der Waals surface area contributed by atoms with Gasteiger partial charge in [-0.3, -0.25) is 19.7 Å². The van der Waals surface area contributed by atoms with Gasteiger partial charge in [0, 0.05) is 13.1 Å². The van der Waals surface area contributed by atoms with Gasteiger partial charge in [-0.2, -0.15) is 0 Å². The van der Waals surface area contributed by atoms with Crippen molar-refractivity contribution in [3.8, 4) is 0 Å². The van der Waals surface area contributed by atoms with Crippen molar-refractivity contribution >= 4 is 46.7 Å². The van der Waals surface area contributed by atoms with E-state index in [4.69, 9.17) is 11.6 Å². The van der Waals surface area contributed by atoms with Crippen molar-refractivity contribution in [1.82, 2.24) is 20.9 Å². The Morgan fingerprint density at radius 1 is 1.28 bits per heavy atom. The molecule has 0 aromatic carbocycles. The van der Waals surface area contributed by atoms with Gasteiger partial charge in [-0.25, -0.2) is 4.79 Å². The first kappa shape index (κ1) is 21.6. The van der Waals surface area contributed by atoms with Crippen molar-refractivity contribution in [2.45, 2.75) is 45.2 Å². The molecule has 1 aromatic heterocycles. The molecule has 8 nitrogen and oxygen atoms in total. The molecule has 0 saturated carbocycles. The number of nitrogens with zero attached hydrogens (tertiary/aromatic N) is 1. The second kappa shape index (κ2) is 8.31. The topological polar surface area (TPSA) is 108 Å². The molecule has 1 aromatic rings. The van der Waals surface area contributed by atoms with Gasteiger partial charge in [0.25, 0.3) is 11.8 Å². The standard InChI is InChI=1S/C19H25ClN4O4S/c1-10(2)14(21-15(25)12-4-5-13(20)29-12)16(26)24-8-6-11(7-9-24)19(3)17(27)22-18(28)23-19/h4-5,10-11,14H,6-9H2,1-3H3,(H,21,25)(H2,22,23,27,28)/t14-,19?/m1/s1. The maximum absolute atomic E-state index is 13.1. The molecule has 29 heavy (non-hydrogen) atoms. The summed E-state index contributed by atoms with van der Waals surface area (Å²) < 4.78 is 0.515. The molecule has 3 heterocycles. The normalized spacial score (nSPS) is 23.7. The monoisotopic (exact) mass is 440 g/mol. The highest BCUT2D eigenvalue weighted by molar-refractivity contribution is 7.18. The Balaban J connectivity index is 1.62. The Kier molecular flexibility index (Phi) is 6.19. The maximum atomic E-state index is 13.1. The van der Waals surface area contributed by atoms with E-state index < -0.39 is 17.6 Å². The number of thiophene rings is 1. The van der Waals surface area contributed by atoms with Gasteiger partial charge in [-0.15, -0.1) is 11.3 Å². The second-order valence-corrected chi connectivity index (χ2v) is 9.72. The van der Waals surface area contributed by atoms with Crippen LogP contribution in [0.3, 0.4) is 0 Å². The molecule has 3 rings (SSSR count). The minimum atomic E-state index is -0.948. The molecule has 0 radical (unpaired) electrons. The number of urea groups is 1. The molecular weight excluding hydrogens is 416 g/mol. The lowest BCUT2D eigenvalue weighted by Crippen LogP contribution is -2.57. The van der Waals surface area contributed by atoms with Gasteiger partial charge in [-0.05, 0) is 43.7 Å². The Morgan fingerprint density at radius 2 is 1.93 bits per heavy atom. The van der Waals surface area contributed by atoms with E-state index in [9.17, 15) is 19.2 Å². The Bertz CT molecular complexity index is 834. The van der Waals surface area contributed by atoms with Gasteiger partial charge < -0.3 is 15.5 Å². The number of carbonyl (C=O) groups excluding carboxylic acids is 4. The van der Waals surface area contributed by atoms with E-state index in [-0.39, 0.29) is 29.6 Å². The second-order valence-electron chi connectivity index (χ2n) is 8.01. The smallest absolute Gasteiger partial charge is 0.322 e. The number of hydrogen-bond acceptors (Lipinski definition) is 5. The predicted molar refractivity (Wildman–Crippen MR) is 110 cm³/mol. The molecular formula is C19H25ClN4O4S. The lowest BCUT2D eigenvalue weighted by Gasteiger charge is -2.40. The van der Waals surface area contributed by atoms with Crippen LogP contribution in [0.2, 0.25) is 4.34 Å². The molecule has 0 aliphatic carbocycles. The first-order valence-corrected chi connectivity index (χ1v) is 10.8. The molecule has 5 amide bonds. The summed E-state index contributed by atoms with van der Waals surface area (Å²) in [5.74, 6) is -0.925. The molecule has 2 saturated heterocycles. The molecule has 158 valence electrons. The van der Waals surface area contributed by atoms with Crippen LogP contribution in [0.15, 0.2) is 12.1 Å². The number of likely N-dealkylation sites (tertiary alicyclic amines) is 1. The molecule has 0 bridgehead atoms. The van der Waals surface area contributed by atoms with E-state index in [1.807, 2.05) is 13.8 Å². The third-order valence-electron chi connectivity index (χ3n) is 5.71. The van der Waals surface area contributed by atoms with Crippen LogP contribution in [0.5, 0.6) is 0 Å². The summed E-state index contributed by atoms with van der Waals surface area (Å²) in [6, 6.07) is 2.16. The van der Waals surface area contributed by atoms with Crippen molar-refractivity contribution in [2.75, 3.05) is 13.1 Å². The van der Waals surface area contributed by atoms with E-state index >= 15 is 0 Å². The van der Waals surface area contributed by atoms with Crippen LogP contribution in [0, 0.1) is 11.8 Å². The van der Waals surface area contributed by atoms with Crippen molar-refractivity contribution in [3.63, 3.8) is 0 Å². The minimum absolute atomic E-state index is 0.0571. The molecule has 2 aliphatic rings. The highest BCUT2D eigenvalue weighted by Crippen LogP contribution is 2.31. The predicted octanol–water partition coefficient (Wildman–Crippen LogP) is 1.99. The fourth-order valence-corrected chi connectivity index (χ4v) is 4.83. The average molecular weight is 441 g/mol. The minimum Gasteiger partial charge on any atom is -0.341 e. The summed E-state index contributed by atoms with van der Waals surface area (Å²) in [5.41, 5.74) is -0.948. The molecule has 2 atom stereocenters. The van der Waals surface area contributed by atoms with Crippen LogP contribution in [-0.2, 0) is 9.59 Å². The van der Waals surface area contributed by atoms with Crippen molar-refractivity contribution in [3.05, 3.63) is 21.3 Å². The summed E-state index contributed by atoms with van der Waals surface area (Å²) >= 11 is 7.06. The van der Waals surface area contributed by atoms with Crippen LogP contribution >= 0.6 is 22.9 Å². The highest BCUT2D eigenvalue weighted by atomic mass is 35.5. The number of halogens is 1. The van der Waals surface area contributed by atoms with Gasteiger partial charge in [0.05, 0.1) is 9.21 Å². The van der Waals surface area contributed by atoms with E-state index in [0.29, 0.717) is 35.1 Å². The number of imide groups is 1. The summed E-state index contributed by atoms with van der Waals surface area (Å²) in [4.78, 5) is 51.4. The number of hydrogen-bond donors (Lipinski definition) is 3. The van der Waals surface area contributed by atoms with Crippen LogP contribution in [-0.4, -0.2) is 53.3 Å². The average Bonchev–Trinajstić information content (AvgIpc) is 3.22. The number of piperidine rings is 1. The lowest BCUT2D eigenvalue weighted by atomic mass is 9.79. The van der Waals surface area contributed by atoms with Gasteiger partial charge in [0.1, 0.15) is 11.6 Å². The largest absolute Gasteiger partial charge is 0.341 e. The molecule has 0 spiro atoms. The summed E-state index contributed by atoms with van der Waals surface area (Å²) in [7, 11) is 0. The molecule has 10 heteroatoms. The first-order chi connectivity index (χ1) is 13.6. The number of rotatable bonds is 5. The zero-order valence-electron chi connectivity index (χ0n) is 16.6. The molecule has 1 unspecified atom stereocenters. The SMILES string of the molecule is CC(C)[C@@H](NC(=O)c1ccc(Cl)s1)C(=O)N1CCC(C2(C)NC(=O)NC2=O)CC1. The quantitative estimate of drug-likeness (QED) is 0.608. The van der Waals surface area contributed by atoms with Gasteiger partial charge in [0.2, 0.25) is 5.91 Å². The first-order valence-electron chi connectivity index (χ1n) is 9.60. The van der Waals surface area contributed by atoms with Crippen LogP contribution in [0.4, 0.5) is 4.79 Å². The third-order valence-corrected chi connectivity index (χ3v) is 6.94. The fourth-order valence-electron chi connectivity index (χ4n) is 3.88. The Morgan fingerprint density at radius 3 is 2.41 bits per heavy atom. The van der Waals surface area contributed by atoms with Crippen molar-refractivity contribution in [2.24, 2.45) is 11.8 Å². The molecule has 3 N–H and O–H groups in total. The Hall–Kier alpha value is -2.13. The lowest BCUT2D eigenvalue weighted by molar-refractivity contribution is -0.136. The highest BCUT2D eigenvalue weighted by Gasteiger charge is 2.49. The van der Waals surface area contributed by atoms with E-state index in [0.717, 1.165) is 0 Å². The van der Waals surface area contributed by atoms with Crippen LogP contribution < -0.4 is 16.0 Å². The molecule has 2 fully saturated rings. The zero-order chi connectivity index (χ0) is 21.3. The van der Waals surface area contributed by atoms with Gasteiger partial charge >= 0.3 is 6.03 Å². The summed E-state index contributed by atoms with van der Waals surface area (Å²) in [5, 5.41) is 7.83. The number of amides is 5. The van der Waals surface area contributed by atoms with E-state index in [1.54, 1.807) is 24.0 Å². The Labute approximate surface area is 178 Å². The summed E-state index contributed by atoms with van der Waals surface area (Å²) in [6.07, 6.45) is 1.18. The van der Waals surface area contributed by atoms with Gasteiger partial charge in [0.15, 0.2) is 0 Å². The summed E-state index contributed by atoms with van der Waals surface area (Å²) in [6.45, 7) is 6.42. The maximum Gasteiger partial charge on any atom is 0.322 e. The number of nitrogens with one attached hydrogen (secondary N) is 3. The fraction of sp³-hybridized carbons (Fsp3) is 0.579. The van der Waals surface area contributed by atoms with Gasteiger partial charge in [-0.1, -0.05) is 25.4 Å². The van der Waals surface area contributed by atoms with Crippen molar-refractivity contribution in [1.29, 1.82) is 0 Å². The van der Waals surface area contributed by atoms with E-state index in [2.05, 4.69) is 16.0 Å². The number of carbonyl (C=O) groups is 4.